The molecule has 2 aromatic rings. The molecule has 0 bridgehead atoms. The van der Waals surface area contributed by atoms with Gasteiger partial charge in [0.15, 0.2) is 0 Å². The van der Waals surface area contributed by atoms with Gasteiger partial charge in [-0.05, 0) is 30.2 Å². The summed E-state index contributed by atoms with van der Waals surface area (Å²) in [5, 5.41) is 4.81. The number of benzene rings is 1. The Bertz CT molecular complexity index is 785. The maximum absolute atomic E-state index is 13.0. The molecule has 0 unspecified atom stereocenters. The van der Waals surface area contributed by atoms with Crippen molar-refractivity contribution in [3.63, 3.8) is 0 Å². The standard InChI is InChI=1S/C18H19N3O2S/c22-17(20-9-12-5-6-12)15-10-24-11-21(15)18(23)16-14-4-2-1-3-13(14)7-8-19-16/h1-4,7-8,12,15H,5-6,9-11H2,(H,20,22)/t15-/m1/s1. The molecule has 1 saturated heterocycles. The molecule has 2 heterocycles. The van der Waals surface area contributed by atoms with Crippen LogP contribution in [0.15, 0.2) is 36.5 Å². The summed E-state index contributed by atoms with van der Waals surface area (Å²) in [5.74, 6) is 1.61. The normalized spacial score (nSPS) is 20.3. The molecular weight excluding hydrogens is 322 g/mol. The van der Waals surface area contributed by atoms with E-state index in [0.717, 1.165) is 17.3 Å². The van der Waals surface area contributed by atoms with Crippen LogP contribution in [0.1, 0.15) is 23.3 Å². The van der Waals surface area contributed by atoms with E-state index in [9.17, 15) is 9.59 Å². The highest BCUT2D eigenvalue weighted by Gasteiger charge is 2.36. The van der Waals surface area contributed by atoms with E-state index in [2.05, 4.69) is 10.3 Å². The number of carbonyl (C=O) groups excluding carboxylic acids is 2. The number of fused-ring (bicyclic) bond motifs is 1. The second-order valence-electron chi connectivity index (χ2n) is 6.36. The zero-order valence-electron chi connectivity index (χ0n) is 13.3. The monoisotopic (exact) mass is 341 g/mol. The van der Waals surface area contributed by atoms with Crippen LogP contribution in [0.25, 0.3) is 10.8 Å². The fourth-order valence-electron chi connectivity index (χ4n) is 2.97. The third-order valence-corrected chi connectivity index (χ3v) is 5.60. The minimum absolute atomic E-state index is 0.0412. The fourth-order valence-corrected chi connectivity index (χ4v) is 4.12. The zero-order chi connectivity index (χ0) is 16.5. The molecule has 2 amide bonds. The van der Waals surface area contributed by atoms with Crippen LogP contribution in [0.5, 0.6) is 0 Å². The fraction of sp³-hybridized carbons (Fsp3) is 0.389. The van der Waals surface area contributed by atoms with Gasteiger partial charge in [-0.1, -0.05) is 24.3 Å². The summed E-state index contributed by atoms with van der Waals surface area (Å²) in [4.78, 5) is 31.4. The van der Waals surface area contributed by atoms with Crippen molar-refractivity contribution in [3.05, 3.63) is 42.2 Å². The van der Waals surface area contributed by atoms with Gasteiger partial charge in [0.25, 0.3) is 5.91 Å². The second-order valence-corrected chi connectivity index (χ2v) is 7.36. The minimum atomic E-state index is -0.401. The first-order valence-electron chi connectivity index (χ1n) is 8.24. The molecule has 1 aromatic heterocycles. The van der Waals surface area contributed by atoms with E-state index in [4.69, 9.17) is 0 Å². The van der Waals surface area contributed by atoms with Crippen LogP contribution in [-0.2, 0) is 4.79 Å². The van der Waals surface area contributed by atoms with Gasteiger partial charge in [0.05, 0.1) is 5.88 Å². The lowest BCUT2D eigenvalue weighted by Gasteiger charge is -2.23. The van der Waals surface area contributed by atoms with E-state index in [1.54, 1.807) is 22.9 Å². The van der Waals surface area contributed by atoms with Crippen molar-refractivity contribution >= 4 is 34.3 Å². The number of hydrogen-bond donors (Lipinski definition) is 1. The van der Waals surface area contributed by atoms with Gasteiger partial charge in [0, 0.05) is 23.9 Å². The summed E-state index contributed by atoms with van der Waals surface area (Å²) in [7, 11) is 0. The Kier molecular flexibility index (Phi) is 4.14. The highest BCUT2D eigenvalue weighted by molar-refractivity contribution is 7.99. The summed E-state index contributed by atoms with van der Waals surface area (Å²) in [6.07, 6.45) is 4.05. The predicted molar refractivity (Wildman–Crippen MR) is 94.8 cm³/mol. The van der Waals surface area contributed by atoms with Gasteiger partial charge in [-0.2, -0.15) is 0 Å². The largest absolute Gasteiger partial charge is 0.354 e. The van der Waals surface area contributed by atoms with E-state index >= 15 is 0 Å². The first-order chi connectivity index (χ1) is 11.7. The lowest BCUT2D eigenvalue weighted by atomic mass is 10.1. The van der Waals surface area contributed by atoms with Crippen molar-refractivity contribution in [2.45, 2.75) is 18.9 Å². The van der Waals surface area contributed by atoms with Gasteiger partial charge in [0.1, 0.15) is 11.7 Å². The number of rotatable bonds is 4. The van der Waals surface area contributed by atoms with Crippen molar-refractivity contribution < 1.29 is 9.59 Å². The van der Waals surface area contributed by atoms with Crippen molar-refractivity contribution in [2.24, 2.45) is 5.92 Å². The molecule has 1 atom stereocenters. The molecule has 0 radical (unpaired) electrons. The van der Waals surface area contributed by atoms with Crippen LogP contribution in [-0.4, -0.2) is 45.9 Å². The first kappa shape index (κ1) is 15.4. The van der Waals surface area contributed by atoms with Gasteiger partial charge in [0.2, 0.25) is 5.91 Å². The third kappa shape index (κ3) is 2.98. The number of aromatic nitrogens is 1. The van der Waals surface area contributed by atoms with E-state index in [-0.39, 0.29) is 11.8 Å². The molecule has 6 heteroatoms. The van der Waals surface area contributed by atoms with E-state index in [0.29, 0.717) is 23.2 Å². The molecule has 124 valence electrons. The molecule has 1 aromatic carbocycles. The molecule has 1 aliphatic carbocycles. The number of thioether (sulfide) groups is 1. The molecule has 0 spiro atoms. The lowest BCUT2D eigenvalue weighted by Crippen LogP contribution is -2.47. The first-order valence-corrected chi connectivity index (χ1v) is 9.39. The van der Waals surface area contributed by atoms with Crippen molar-refractivity contribution in [1.29, 1.82) is 0 Å². The Morgan fingerprint density at radius 1 is 1.25 bits per heavy atom. The van der Waals surface area contributed by atoms with Gasteiger partial charge >= 0.3 is 0 Å². The van der Waals surface area contributed by atoms with Gasteiger partial charge in [-0.15, -0.1) is 11.8 Å². The van der Waals surface area contributed by atoms with Crippen molar-refractivity contribution in [3.8, 4) is 0 Å². The van der Waals surface area contributed by atoms with E-state index in [1.165, 1.54) is 12.8 Å². The van der Waals surface area contributed by atoms with Crippen molar-refractivity contribution in [1.82, 2.24) is 15.2 Å². The number of pyridine rings is 1. The Labute approximate surface area is 144 Å². The number of amides is 2. The molecule has 1 aliphatic heterocycles. The topological polar surface area (TPSA) is 62.3 Å². The van der Waals surface area contributed by atoms with E-state index < -0.39 is 6.04 Å². The quantitative estimate of drug-likeness (QED) is 0.927. The van der Waals surface area contributed by atoms with Crippen LogP contribution in [0.3, 0.4) is 0 Å². The Hall–Kier alpha value is -2.08. The Balaban J connectivity index is 1.56. The zero-order valence-corrected chi connectivity index (χ0v) is 14.1. The second kappa shape index (κ2) is 6.43. The average Bonchev–Trinajstić information content (AvgIpc) is 3.32. The van der Waals surface area contributed by atoms with Crippen LogP contribution >= 0.6 is 11.8 Å². The van der Waals surface area contributed by atoms with Crippen LogP contribution in [0.2, 0.25) is 0 Å². The minimum Gasteiger partial charge on any atom is -0.354 e. The summed E-state index contributed by atoms with van der Waals surface area (Å²) in [6.45, 7) is 0.731. The van der Waals surface area contributed by atoms with Gasteiger partial charge < -0.3 is 10.2 Å². The maximum Gasteiger partial charge on any atom is 0.274 e. The lowest BCUT2D eigenvalue weighted by molar-refractivity contribution is -0.124. The summed E-state index contributed by atoms with van der Waals surface area (Å²) in [5.41, 5.74) is 0.426. The maximum atomic E-state index is 13.0. The molecule has 1 N–H and O–H groups in total. The van der Waals surface area contributed by atoms with Crippen LogP contribution in [0.4, 0.5) is 0 Å². The molecule has 5 nitrogen and oxygen atoms in total. The summed E-state index contributed by atoms with van der Waals surface area (Å²) in [6, 6.07) is 9.20. The Morgan fingerprint density at radius 2 is 2.08 bits per heavy atom. The molecule has 4 rings (SSSR count). The highest BCUT2D eigenvalue weighted by Crippen LogP contribution is 2.28. The number of carbonyl (C=O) groups is 2. The van der Waals surface area contributed by atoms with Crippen molar-refractivity contribution in [2.75, 3.05) is 18.2 Å². The van der Waals surface area contributed by atoms with Crippen LogP contribution < -0.4 is 5.32 Å². The summed E-state index contributed by atoms with van der Waals surface area (Å²) >= 11 is 1.61. The predicted octanol–water partition coefficient (Wildman–Crippen LogP) is 2.28. The SMILES string of the molecule is O=C(NCC1CC1)[C@H]1CSCN1C(=O)c1nccc2ccccc12. The molecule has 2 fully saturated rings. The Morgan fingerprint density at radius 3 is 2.92 bits per heavy atom. The summed E-state index contributed by atoms with van der Waals surface area (Å²) < 4.78 is 0. The smallest absolute Gasteiger partial charge is 0.274 e. The van der Waals surface area contributed by atoms with E-state index in [1.807, 2.05) is 30.3 Å². The third-order valence-electron chi connectivity index (χ3n) is 4.58. The molecule has 24 heavy (non-hydrogen) atoms. The molecule has 2 aliphatic rings. The molecule has 1 saturated carbocycles. The van der Waals surface area contributed by atoms with Gasteiger partial charge in [-0.25, -0.2) is 0 Å². The average molecular weight is 341 g/mol. The number of hydrogen-bond acceptors (Lipinski definition) is 4. The highest BCUT2D eigenvalue weighted by atomic mass is 32.2. The number of nitrogens with zero attached hydrogens (tertiary/aromatic N) is 2. The van der Waals surface area contributed by atoms with Crippen LogP contribution in [0, 0.1) is 5.92 Å². The van der Waals surface area contributed by atoms with Gasteiger partial charge in [-0.3, -0.25) is 14.6 Å². The number of nitrogens with one attached hydrogen (secondary N) is 1. The molecular formula is C18H19N3O2S.